The first-order chi connectivity index (χ1) is 8.40. The van der Waals surface area contributed by atoms with Crippen LogP contribution in [-0.4, -0.2) is 16.0 Å². The van der Waals surface area contributed by atoms with Gasteiger partial charge >= 0.3 is 0 Å². The molecular formula is C13H20N3OS+. The molecule has 4 nitrogen and oxygen atoms in total. The number of aryl methyl sites for hydroxylation is 2. The number of thiophene rings is 1. The Balaban J connectivity index is 2.53. The Morgan fingerprint density at radius 3 is 2.56 bits per heavy atom. The molecule has 0 bridgehead atoms. The van der Waals surface area contributed by atoms with E-state index in [4.69, 9.17) is 0 Å². The first-order valence-electron chi connectivity index (χ1n) is 6.25. The summed E-state index contributed by atoms with van der Waals surface area (Å²) < 4.78 is 0. The van der Waals surface area contributed by atoms with Crippen molar-refractivity contribution in [1.29, 1.82) is 0 Å². The predicted octanol–water partition coefficient (Wildman–Crippen LogP) is 1.63. The number of hydrogen-bond donors (Lipinski definition) is 2. The fraction of sp³-hybridized carbons (Fsp3) is 0.538. The molecule has 0 saturated carbocycles. The van der Waals surface area contributed by atoms with Crippen LogP contribution in [-0.2, 0) is 0 Å². The molecule has 0 aliphatic heterocycles. The number of nitrogens with two attached hydrogens (primary N) is 1. The lowest BCUT2D eigenvalue weighted by Gasteiger charge is -2.12. The molecule has 5 heteroatoms. The highest BCUT2D eigenvalue weighted by Gasteiger charge is 2.17. The number of nitrogens with one attached hydrogen (secondary N) is 1. The van der Waals surface area contributed by atoms with Gasteiger partial charge in [-0.15, -0.1) is 11.3 Å². The summed E-state index contributed by atoms with van der Waals surface area (Å²) in [5.41, 5.74) is 1.04. The fourth-order valence-corrected chi connectivity index (χ4v) is 3.19. The third kappa shape index (κ3) is 2.33. The molecule has 0 fully saturated rings. The standard InChI is InChI=1S/C13H19N3OS/c1-6(2)14-8(4)11-15-12(17)10-7(3)9(5)18-13(10)16-11/h6,8,14H,1-5H3,(H,15,16,17)/p+1/t8-/m1/s1. The van der Waals surface area contributed by atoms with Crippen LogP contribution in [0.25, 0.3) is 10.2 Å². The first kappa shape index (κ1) is 13.2. The summed E-state index contributed by atoms with van der Waals surface area (Å²) in [7, 11) is 0. The van der Waals surface area contributed by atoms with Crippen LogP contribution >= 0.6 is 11.3 Å². The maximum absolute atomic E-state index is 12.1. The summed E-state index contributed by atoms with van der Waals surface area (Å²) in [4.78, 5) is 21.7. The molecule has 0 spiro atoms. The quantitative estimate of drug-likeness (QED) is 0.887. The van der Waals surface area contributed by atoms with Crippen LogP contribution in [0.5, 0.6) is 0 Å². The number of nitrogens with zero attached hydrogens (tertiary/aromatic N) is 1. The highest BCUT2D eigenvalue weighted by atomic mass is 32.1. The van der Waals surface area contributed by atoms with Crippen LogP contribution in [0.3, 0.4) is 0 Å². The highest BCUT2D eigenvalue weighted by Crippen LogP contribution is 2.26. The SMILES string of the molecule is Cc1sc2nc([C@@H](C)[NH2+]C(C)C)[nH]c(=O)c2c1C. The average Bonchev–Trinajstić information content (AvgIpc) is 2.54. The molecular weight excluding hydrogens is 246 g/mol. The normalized spacial score (nSPS) is 13.4. The van der Waals surface area contributed by atoms with Crippen LogP contribution in [0, 0.1) is 13.8 Å². The molecule has 0 unspecified atom stereocenters. The molecule has 0 aliphatic rings. The highest BCUT2D eigenvalue weighted by molar-refractivity contribution is 7.18. The summed E-state index contributed by atoms with van der Waals surface area (Å²) >= 11 is 1.60. The van der Waals surface area contributed by atoms with Gasteiger partial charge in [0.1, 0.15) is 10.9 Å². The molecule has 98 valence electrons. The van der Waals surface area contributed by atoms with Gasteiger partial charge in [-0.05, 0) is 40.2 Å². The topological polar surface area (TPSA) is 62.4 Å². The van der Waals surface area contributed by atoms with Gasteiger partial charge < -0.3 is 10.3 Å². The van der Waals surface area contributed by atoms with E-state index in [2.05, 4.69) is 36.1 Å². The van der Waals surface area contributed by atoms with Gasteiger partial charge in [-0.1, -0.05) is 0 Å². The number of rotatable bonds is 3. The largest absolute Gasteiger partial charge is 0.336 e. The molecule has 2 heterocycles. The summed E-state index contributed by atoms with van der Waals surface area (Å²) in [6, 6.07) is 0.651. The second-order valence-corrected chi connectivity index (χ2v) is 6.34. The Kier molecular flexibility index (Phi) is 3.54. The minimum atomic E-state index is -0.0131. The van der Waals surface area contributed by atoms with Gasteiger partial charge in [0.25, 0.3) is 5.56 Å². The van der Waals surface area contributed by atoms with Gasteiger partial charge in [0.2, 0.25) is 0 Å². The van der Waals surface area contributed by atoms with Crippen molar-refractivity contribution in [3.63, 3.8) is 0 Å². The van der Waals surface area contributed by atoms with Crippen LogP contribution in [0.2, 0.25) is 0 Å². The van der Waals surface area contributed by atoms with E-state index < -0.39 is 0 Å². The zero-order valence-electron chi connectivity index (χ0n) is 11.5. The molecule has 0 aromatic carbocycles. The van der Waals surface area contributed by atoms with Crippen LogP contribution in [0.15, 0.2) is 4.79 Å². The van der Waals surface area contributed by atoms with Crippen molar-refractivity contribution in [3.8, 4) is 0 Å². The Morgan fingerprint density at radius 2 is 1.94 bits per heavy atom. The molecule has 2 aromatic rings. The van der Waals surface area contributed by atoms with Crippen LogP contribution < -0.4 is 10.9 Å². The summed E-state index contributed by atoms with van der Waals surface area (Å²) in [6.07, 6.45) is 0. The van der Waals surface area contributed by atoms with Crippen molar-refractivity contribution in [3.05, 3.63) is 26.6 Å². The average molecular weight is 266 g/mol. The van der Waals surface area contributed by atoms with E-state index in [1.54, 1.807) is 11.3 Å². The summed E-state index contributed by atoms with van der Waals surface area (Å²) in [5.74, 6) is 0.766. The van der Waals surface area contributed by atoms with Gasteiger partial charge in [-0.2, -0.15) is 0 Å². The van der Waals surface area contributed by atoms with E-state index in [1.807, 2.05) is 13.8 Å². The Hall–Kier alpha value is -1.20. The van der Waals surface area contributed by atoms with Crippen molar-refractivity contribution in [2.45, 2.75) is 46.7 Å². The third-order valence-electron chi connectivity index (χ3n) is 3.16. The zero-order valence-corrected chi connectivity index (χ0v) is 12.3. The molecule has 0 aliphatic carbocycles. The second-order valence-electron chi connectivity index (χ2n) is 5.14. The number of fused-ring (bicyclic) bond motifs is 1. The molecule has 3 N–H and O–H groups in total. The Morgan fingerprint density at radius 1 is 1.28 bits per heavy atom. The molecule has 1 atom stereocenters. The van der Waals surface area contributed by atoms with E-state index in [9.17, 15) is 4.79 Å². The van der Waals surface area contributed by atoms with E-state index in [0.717, 1.165) is 21.6 Å². The Bertz CT molecular complexity index is 627. The zero-order chi connectivity index (χ0) is 13.4. The lowest BCUT2D eigenvalue weighted by molar-refractivity contribution is -0.720. The van der Waals surface area contributed by atoms with Crippen molar-refractivity contribution < 1.29 is 5.32 Å². The lowest BCUT2D eigenvalue weighted by Crippen LogP contribution is -2.89. The molecule has 0 saturated heterocycles. The van der Waals surface area contributed by atoms with E-state index in [1.165, 1.54) is 4.88 Å². The van der Waals surface area contributed by atoms with Gasteiger partial charge in [-0.3, -0.25) is 4.79 Å². The number of H-pyrrole nitrogens is 1. The van der Waals surface area contributed by atoms with Crippen LogP contribution in [0.4, 0.5) is 0 Å². The predicted molar refractivity (Wildman–Crippen MR) is 75.2 cm³/mol. The second kappa shape index (κ2) is 4.82. The monoisotopic (exact) mass is 266 g/mol. The lowest BCUT2D eigenvalue weighted by atomic mass is 10.2. The van der Waals surface area contributed by atoms with E-state index >= 15 is 0 Å². The molecule has 18 heavy (non-hydrogen) atoms. The van der Waals surface area contributed by atoms with Crippen molar-refractivity contribution in [1.82, 2.24) is 9.97 Å². The third-order valence-corrected chi connectivity index (χ3v) is 4.26. The maximum Gasteiger partial charge on any atom is 0.260 e. The molecule has 0 radical (unpaired) electrons. The number of aromatic amines is 1. The van der Waals surface area contributed by atoms with Gasteiger partial charge in [0, 0.05) is 4.88 Å². The molecule has 0 amide bonds. The van der Waals surface area contributed by atoms with Crippen molar-refractivity contribution in [2.24, 2.45) is 0 Å². The smallest absolute Gasteiger partial charge is 0.260 e. The number of aromatic nitrogens is 2. The molecule has 2 aromatic heterocycles. The Labute approximate surface area is 110 Å². The van der Waals surface area contributed by atoms with Gasteiger partial charge in [0.05, 0.1) is 11.4 Å². The minimum absolute atomic E-state index is 0.0131. The number of quaternary nitrogens is 1. The van der Waals surface area contributed by atoms with Crippen molar-refractivity contribution >= 4 is 21.6 Å². The first-order valence-corrected chi connectivity index (χ1v) is 7.06. The fourth-order valence-electron chi connectivity index (χ4n) is 2.16. The summed E-state index contributed by atoms with van der Waals surface area (Å²) in [5, 5.41) is 2.94. The molecule has 2 rings (SSSR count). The minimum Gasteiger partial charge on any atom is -0.336 e. The van der Waals surface area contributed by atoms with E-state index in [0.29, 0.717) is 6.04 Å². The van der Waals surface area contributed by atoms with Gasteiger partial charge in [-0.25, -0.2) is 4.98 Å². The van der Waals surface area contributed by atoms with E-state index in [-0.39, 0.29) is 11.6 Å². The summed E-state index contributed by atoms with van der Waals surface area (Å²) in [6.45, 7) is 10.3. The maximum atomic E-state index is 12.1. The van der Waals surface area contributed by atoms with Crippen molar-refractivity contribution in [2.75, 3.05) is 0 Å². The number of hydrogen-bond acceptors (Lipinski definition) is 3. The van der Waals surface area contributed by atoms with Crippen LogP contribution in [0.1, 0.15) is 43.1 Å². The van der Waals surface area contributed by atoms with Gasteiger partial charge in [0.15, 0.2) is 5.82 Å².